The second kappa shape index (κ2) is 7.61. The second-order valence-corrected chi connectivity index (χ2v) is 23.8. The van der Waals surface area contributed by atoms with Gasteiger partial charge in [0.1, 0.15) is 0 Å². The van der Waals surface area contributed by atoms with Crippen LogP contribution in [0.25, 0.3) is 93.2 Å². The maximum absolute atomic E-state index is 2.87. The number of allylic oxidation sites excluding steroid dienone is 10. The summed E-state index contributed by atoms with van der Waals surface area (Å²) in [5, 5.41) is 19.9. The Kier molecular flexibility index (Phi) is 3.39. The van der Waals surface area contributed by atoms with Gasteiger partial charge in [0.15, 0.2) is 0 Å². The van der Waals surface area contributed by atoms with Crippen LogP contribution in [-0.2, 0) is 53.8 Å². The van der Waals surface area contributed by atoms with E-state index >= 15 is 0 Å². The second-order valence-electron chi connectivity index (χ2n) is 23.8. The highest BCUT2D eigenvalue weighted by Gasteiger charge is 2.75. The van der Waals surface area contributed by atoms with Gasteiger partial charge in [0, 0.05) is 33.5 Å². The quantitative estimate of drug-likeness (QED) is 0.134. The van der Waals surface area contributed by atoms with Crippen LogP contribution in [0.4, 0.5) is 0 Å². The number of fused-ring (bicyclic) bond motifs is 2. The topological polar surface area (TPSA) is 0 Å². The van der Waals surface area contributed by atoms with Gasteiger partial charge in [-0.25, -0.2) is 0 Å². The lowest BCUT2D eigenvalue weighted by Crippen LogP contribution is -2.63. The number of benzene rings is 8. The van der Waals surface area contributed by atoms with Crippen LogP contribution in [0, 0.1) is 5.92 Å². The SMILES string of the molecule is C1=CC2=c3cc4c5c6c7c8c9c%10c%11c%12c%13c(c3c5c%128)C23Cc2ccccc2CC32C1=c1ccc3c5c(c-%11c-%13c2c15)C12Cc5ccccc5CC%101C1=C5C(=CC(C=C6C4)C7C=95)CCC1=CC=32. The van der Waals surface area contributed by atoms with Gasteiger partial charge in [-0.05, 0) is 249 Å². The molecule has 0 heterocycles. The molecule has 0 nitrogen and oxygen atoms in total. The summed E-state index contributed by atoms with van der Waals surface area (Å²) < 4.78 is 0. The lowest BCUT2D eigenvalue weighted by molar-refractivity contribution is 0.288. The van der Waals surface area contributed by atoms with Crippen molar-refractivity contribution in [3.05, 3.63) is 201 Å². The van der Waals surface area contributed by atoms with Crippen molar-refractivity contribution in [1.29, 1.82) is 0 Å². The summed E-state index contributed by atoms with van der Waals surface area (Å²) in [7, 11) is 0. The normalized spacial score (nSPS) is 32.8. The van der Waals surface area contributed by atoms with Gasteiger partial charge in [-0.15, -0.1) is 0 Å². The standard InChI is InChI=1S/C65H32/c1-2-6-27-21-63-37-14-13-36-33-11-12-34-38-19-25-10-9-24-15-30-16-31-17-32-18-35(37)45-48-40(32)39(31)46-41(30)47-42(24)57(25)65-23-29-8-4-3-7-28(29)22-64(38,65)59-44(34)43(33)58(62(36,63)20-26(27)5-1)55-53(60(45)63)51-49(48)50(46)52(47)61(65)54(51)56(55)59/h1-8,11-16,18-19,30,41H,9-10,17,20-23H2. The Balaban J connectivity index is 1.11. The van der Waals surface area contributed by atoms with E-state index in [-0.39, 0.29) is 21.7 Å². The summed E-state index contributed by atoms with van der Waals surface area (Å²) in [5.74, 6) is 0.869. The molecule has 0 aliphatic heterocycles. The van der Waals surface area contributed by atoms with Crippen molar-refractivity contribution in [2.75, 3.05) is 0 Å². The average molecular weight is 813 g/mol. The zero-order valence-corrected chi connectivity index (χ0v) is 35.3. The highest BCUT2D eigenvalue weighted by molar-refractivity contribution is 6.42. The summed E-state index contributed by atoms with van der Waals surface area (Å²) in [6.45, 7) is 0. The molecule has 6 unspecified atom stereocenters. The monoisotopic (exact) mass is 812 g/mol. The molecule has 292 valence electrons. The van der Waals surface area contributed by atoms with Gasteiger partial charge in [-0.2, -0.15) is 0 Å². The zero-order valence-electron chi connectivity index (χ0n) is 35.3. The molecule has 0 heteroatoms. The molecule has 0 fully saturated rings. The largest absolute Gasteiger partial charge is 0.0728 e. The van der Waals surface area contributed by atoms with E-state index in [9.17, 15) is 0 Å². The number of hydrogen-bond donors (Lipinski definition) is 0. The molecule has 16 aliphatic carbocycles. The summed E-state index contributed by atoms with van der Waals surface area (Å²) >= 11 is 0. The Morgan fingerprint density at radius 2 is 1.03 bits per heavy atom. The Morgan fingerprint density at radius 3 is 1.77 bits per heavy atom. The predicted molar refractivity (Wildman–Crippen MR) is 258 cm³/mol. The smallest absolute Gasteiger partial charge is 0.0405 e. The minimum atomic E-state index is -0.160. The van der Waals surface area contributed by atoms with Crippen molar-refractivity contribution >= 4 is 71.0 Å². The third-order valence-corrected chi connectivity index (χ3v) is 22.9. The van der Waals surface area contributed by atoms with E-state index in [1.807, 2.05) is 5.56 Å². The van der Waals surface area contributed by atoms with Crippen molar-refractivity contribution in [2.24, 2.45) is 5.92 Å². The predicted octanol–water partition coefficient (Wildman–Crippen LogP) is 9.82. The van der Waals surface area contributed by atoms with Gasteiger partial charge in [0.25, 0.3) is 0 Å². The van der Waals surface area contributed by atoms with Crippen molar-refractivity contribution < 1.29 is 0 Å². The molecule has 0 aromatic heterocycles. The number of hydrogen-bond acceptors (Lipinski definition) is 0. The first-order valence-electron chi connectivity index (χ1n) is 25.0. The van der Waals surface area contributed by atoms with Crippen LogP contribution in [0.3, 0.4) is 0 Å². The molecule has 16 aliphatic rings. The van der Waals surface area contributed by atoms with Gasteiger partial charge in [-0.3, -0.25) is 0 Å². The van der Waals surface area contributed by atoms with E-state index in [2.05, 4.69) is 97.1 Å². The van der Waals surface area contributed by atoms with Crippen LogP contribution in [0.1, 0.15) is 80.0 Å². The Bertz CT molecular complexity index is 4850. The van der Waals surface area contributed by atoms with E-state index in [0.717, 1.165) is 38.5 Å². The van der Waals surface area contributed by atoms with Crippen molar-refractivity contribution in [3.8, 4) is 22.3 Å². The highest BCUT2D eigenvalue weighted by Crippen LogP contribution is 2.82. The van der Waals surface area contributed by atoms with Crippen LogP contribution < -0.4 is 20.9 Å². The molecule has 0 saturated heterocycles. The first-order chi connectivity index (χ1) is 32.2. The summed E-state index contributed by atoms with van der Waals surface area (Å²) in [6.07, 6.45) is 21.7. The van der Waals surface area contributed by atoms with E-state index in [0.29, 0.717) is 11.8 Å². The van der Waals surface area contributed by atoms with Gasteiger partial charge < -0.3 is 0 Å². The zero-order chi connectivity index (χ0) is 40.2. The van der Waals surface area contributed by atoms with Crippen LogP contribution >= 0.6 is 0 Å². The maximum Gasteiger partial charge on any atom is 0.0405 e. The third kappa shape index (κ3) is 2.05. The van der Waals surface area contributed by atoms with Crippen LogP contribution in [-0.4, -0.2) is 0 Å². The minimum Gasteiger partial charge on any atom is -0.0728 e. The summed E-state index contributed by atoms with van der Waals surface area (Å²) in [6, 6.07) is 27.7. The Labute approximate surface area is 371 Å². The molecule has 65 heavy (non-hydrogen) atoms. The first-order valence-corrected chi connectivity index (χ1v) is 25.0. The van der Waals surface area contributed by atoms with Crippen molar-refractivity contribution in [1.82, 2.24) is 0 Å². The molecule has 0 N–H and O–H groups in total. The molecular formula is C65H32. The minimum absolute atomic E-state index is 0.148. The number of rotatable bonds is 0. The van der Waals surface area contributed by atoms with Gasteiger partial charge in [0.05, 0.1) is 0 Å². The molecule has 0 radical (unpaired) electrons. The maximum atomic E-state index is 2.87. The van der Waals surface area contributed by atoms with Crippen LogP contribution in [0.2, 0.25) is 0 Å². The lowest BCUT2D eigenvalue weighted by atomic mass is 9.37. The van der Waals surface area contributed by atoms with E-state index in [1.54, 1.807) is 192 Å². The fourth-order valence-electron chi connectivity index (χ4n) is 21.9. The summed E-state index contributed by atoms with van der Waals surface area (Å²) in [5.41, 5.74) is 40.0. The molecule has 0 bridgehead atoms. The van der Waals surface area contributed by atoms with E-state index < -0.39 is 0 Å². The van der Waals surface area contributed by atoms with Crippen molar-refractivity contribution in [3.63, 3.8) is 0 Å². The molecule has 8 aromatic rings. The molecule has 0 saturated carbocycles. The molecule has 0 amide bonds. The van der Waals surface area contributed by atoms with Crippen LogP contribution in [0.15, 0.2) is 119 Å². The Morgan fingerprint density at radius 1 is 0.446 bits per heavy atom. The summed E-state index contributed by atoms with van der Waals surface area (Å²) in [4.78, 5) is 0. The molecule has 8 aromatic carbocycles. The molecule has 24 rings (SSSR count). The molecule has 6 atom stereocenters. The Hall–Kier alpha value is -6.76. The van der Waals surface area contributed by atoms with E-state index in [4.69, 9.17) is 0 Å². The van der Waals surface area contributed by atoms with E-state index in [1.165, 1.54) is 6.42 Å². The van der Waals surface area contributed by atoms with Gasteiger partial charge in [0.2, 0.25) is 0 Å². The fourth-order valence-corrected chi connectivity index (χ4v) is 21.9. The third-order valence-electron chi connectivity index (χ3n) is 22.9. The molecular weight excluding hydrogens is 781 g/mol. The van der Waals surface area contributed by atoms with Gasteiger partial charge in [-0.1, -0.05) is 91.0 Å². The van der Waals surface area contributed by atoms with Gasteiger partial charge >= 0.3 is 0 Å². The van der Waals surface area contributed by atoms with Crippen molar-refractivity contribution in [2.45, 2.75) is 72.5 Å². The average Bonchev–Trinajstić information content (AvgIpc) is 4.15. The highest BCUT2D eigenvalue weighted by atomic mass is 14.8. The molecule has 4 spiro atoms. The van der Waals surface area contributed by atoms with Crippen LogP contribution in [0.5, 0.6) is 0 Å². The lowest BCUT2D eigenvalue weighted by Gasteiger charge is -2.64. The first kappa shape index (κ1) is 28.9. The fraction of sp³-hybridized carbons (Fsp3) is 0.200.